The second-order valence-corrected chi connectivity index (χ2v) is 5.04. The van der Waals surface area contributed by atoms with E-state index in [0.717, 1.165) is 23.5 Å². The summed E-state index contributed by atoms with van der Waals surface area (Å²) < 4.78 is 0. The Kier molecular flexibility index (Phi) is 6.08. The maximum atomic E-state index is 10.8. The van der Waals surface area contributed by atoms with Crippen LogP contribution in [0.4, 0.5) is 0 Å². The highest BCUT2D eigenvalue weighted by atomic mass is 32.2. The Morgan fingerprint density at radius 2 is 2.00 bits per heavy atom. The van der Waals surface area contributed by atoms with Crippen LogP contribution in [0.5, 0.6) is 0 Å². The van der Waals surface area contributed by atoms with E-state index in [9.17, 15) is 4.79 Å². The van der Waals surface area contributed by atoms with Crippen molar-refractivity contribution in [2.75, 3.05) is 12.4 Å². The molecule has 2 N–H and O–H groups in total. The van der Waals surface area contributed by atoms with E-state index in [1.165, 1.54) is 5.56 Å². The zero-order chi connectivity index (χ0) is 12.7. The Labute approximate surface area is 106 Å². The number of hydrogen-bond donors (Lipinski definition) is 2. The average molecular weight is 254 g/mol. The molecule has 1 aromatic carbocycles. The summed E-state index contributed by atoms with van der Waals surface area (Å²) in [6, 6.07) is 7.70. The van der Waals surface area contributed by atoms with Gasteiger partial charge in [-0.25, -0.2) is 0 Å². The summed E-state index contributed by atoms with van der Waals surface area (Å²) in [4.78, 5) is 10.8. The van der Waals surface area contributed by atoms with Gasteiger partial charge < -0.3 is 10.2 Å². The van der Waals surface area contributed by atoms with Crippen LogP contribution in [0, 0.1) is 0 Å². The molecule has 0 radical (unpaired) electrons. The van der Waals surface area contributed by atoms with Crippen LogP contribution in [0.15, 0.2) is 24.3 Å². The van der Waals surface area contributed by atoms with Gasteiger partial charge in [-0.15, -0.1) is 0 Å². The van der Waals surface area contributed by atoms with Gasteiger partial charge in [0, 0.05) is 12.4 Å². The third-order valence-corrected chi connectivity index (χ3v) is 3.68. The van der Waals surface area contributed by atoms with Crippen molar-refractivity contribution >= 4 is 17.7 Å². The van der Waals surface area contributed by atoms with Crippen LogP contribution in [0.2, 0.25) is 0 Å². The van der Waals surface area contributed by atoms with Crippen LogP contribution in [0.1, 0.15) is 30.4 Å². The largest absolute Gasteiger partial charge is 0.481 e. The van der Waals surface area contributed by atoms with E-state index in [-0.39, 0.29) is 6.61 Å². The number of carboxylic acids is 1. The molecule has 0 aliphatic heterocycles. The molecule has 94 valence electrons. The Morgan fingerprint density at radius 1 is 1.35 bits per heavy atom. The van der Waals surface area contributed by atoms with E-state index < -0.39 is 11.9 Å². The third-order valence-electron chi connectivity index (χ3n) is 2.57. The number of hydrogen-bond acceptors (Lipinski definition) is 3. The van der Waals surface area contributed by atoms with Crippen molar-refractivity contribution in [3.8, 4) is 0 Å². The second kappa shape index (κ2) is 7.35. The molecule has 4 heteroatoms. The number of thioether (sulfide) groups is 1. The molecule has 1 unspecified atom stereocenters. The molecular weight excluding hydrogens is 236 g/mol. The summed E-state index contributed by atoms with van der Waals surface area (Å²) in [5.74, 6) is 0.604. The van der Waals surface area contributed by atoms with Crippen LogP contribution in [0.25, 0.3) is 0 Å². The summed E-state index contributed by atoms with van der Waals surface area (Å²) in [5, 5.41) is 17.5. The molecule has 0 saturated heterocycles. The van der Waals surface area contributed by atoms with E-state index in [4.69, 9.17) is 10.2 Å². The number of aliphatic hydroxyl groups excluding tert-OH is 1. The molecule has 0 heterocycles. The summed E-state index contributed by atoms with van der Waals surface area (Å²) >= 11 is 1.78. The molecule has 0 aromatic heterocycles. The SMILES string of the molecule is CC(C(=O)O)c1ccc(CSCCCO)cc1. The average Bonchev–Trinajstić information content (AvgIpc) is 2.34. The number of carbonyl (C=O) groups is 1. The molecule has 1 rings (SSSR count). The number of aliphatic hydroxyl groups is 1. The van der Waals surface area contributed by atoms with Crippen molar-refractivity contribution in [1.82, 2.24) is 0 Å². The van der Waals surface area contributed by atoms with Crippen molar-refractivity contribution in [1.29, 1.82) is 0 Å². The van der Waals surface area contributed by atoms with Crippen LogP contribution in [-0.2, 0) is 10.5 Å². The van der Waals surface area contributed by atoms with E-state index >= 15 is 0 Å². The summed E-state index contributed by atoms with van der Waals surface area (Å²) in [6.45, 7) is 1.93. The minimum atomic E-state index is -0.796. The summed E-state index contributed by atoms with van der Waals surface area (Å²) in [6.07, 6.45) is 0.818. The first-order valence-corrected chi connectivity index (χ1v) is 6.81. The van der Waals surface area contributed by atoms with Gasteiger partial charge in [0.25, 0.3) is 0 Å². The van der Waals surface area contributed by atoms with E-state index in [1.807, 2.05) is 24.3 Å². The number of rotatable bonds is 7. The van der Waals surface area contributed by atoms with Crippen molar-refractivity contribution in [3.05, 3.63) is 35.4 Å². The lowest BCUT2D eigenvalue weighted by Gasteiger charge is -2.07. The maximum absolute atomic E-state index is 10.8. The highest BCUT2D eigenvalue weighted by molar-refractivity contribution is 7.98. The first-order valence-electron chi connectivity index (χ1n) is 5.65. The normalized spacial score (nSPS) is 12.4. The van der Waals surface area contributed by atoms with Crippen LogP contribution in [-0.4, -0.2) is 28.5 Å². The van der Waals surface area contributed by atoms with Gasteiger partial charge in [-0.2, -0.15) is 11.8 Å². The van der Waals surface area contributed by atoms with Gasteiger partial charge >= 0.3 is 5.97 Å². The van der Waals surface area contributed by atoms with Crippen molar-refractivity contribution < 1.29 is 15.0 Å². The molecule has 1 aromatic rings. The number of benzene rings is 1. The Balaban J connectivity index is 2.47. The van der Waals surface area contributed by atoms with Gasteiger partial charge in [-0.3, -0.25) is 4.79 Å². The molecule has 0 bridgehead atoms. The van der Waals surface area contributed by atoms with Crippen molar-refractivity contribution in [2.45, 2.75) is 25.0 Å². The number of aliphatic carboxylic acids is 1. The lowest BCUT2D eigenvalue weighted by atomic mass is 10.0. The zero-order valence-corrected chi connectivity index (χ0v) is 10.7. The van der Waals surface area contributed by atoms with Gasteiger partial charge in [0.05, 0.1) is 5.92 Å². The Morgan fingerprint density at radius 3 is 2.53 bits per heavy atom. The minimum absolute atomic E-state index is 0.238. The van der Waals surface area contributed by atoms with Gasteiger partial charge in [0.1, 0.15) is 0 Å². The molecule has 0 amide bonds. The quantitative estimate of drug-likeness (QED) is 0.734. The molecular formula is C13H18O3S. The molecule has 0 fully saturated rings. The molecule has 0 saturated carbocycles. The molecule has 1 atom stereocenters. The summed E-state index contributed by atoms with van der Waals surface area (Å²) in [5.41, 5.74) is 2.02. The van der Waals surface area contributed by atoms with Crippen molar-refractivity contribution in [3.63, 3.8) is 0 Å². The molecule has 17 heavy (non-hydrogen) atoms. The topological polar surface area (TPSA) is 57.5 Å². The second-order valence-electron chi connectivity index (χ2n) is 3.93. The lowest BCUT2D eigenvalue weighted by molar-refractivity contribution is -0.138. The zero-order valence-electron chi connectivity index (χ0n) is 9.93. The summed E-state index contributed by atoms with van der Waals surface area (Å²) in [7, 11) is 0. The first kappa shape index (κ1) is 14.1. The molecule has 0 aliphatic carbocycles. The number of carboxylic acid groups (broad SMARTS) is 1. The Bertz CT molecular complexity index is 348. The standard InChI is InChI=1S/C13H18O3S/c1-10(13(15)16)12-5-3-11(4-6-12)9-17-8-2-7-14/h3-6,10,14H,2,7-9H2,1H3,(H,15,16). The van der Waals surface area contributed by atoms with Crippen molar-refractivity contribution in [2.24, 2.45) is 0 Å². The van der Waals surface area contributed by atoms with Crippen LogP contribution in [0.3, 0.4) is 0 Å². The predicted octanol–water partition coefficient (Wildman–Crippen LogP) is 2.49. The lowest BCUT2D eigenvalue weighted by Crippen LogP contribution is -2.07. The predicted molar refractivity (Wildman–Crippen MR) is 70.4 cm³/mol. The Hall–Kier alpha value is -1.00. The fourth-order valence-corrected chi connectivity index (χ4v) is 2.31. The molecule has 0 spiro atoms. The van der Waals surface area contributed by atoms with Crippen LogP contribution < -0.4 is 0 Å². The fourth-order valence-electron chi connectivity index (χ4n) is 1.40. The molecule has 3 nitrogen and oxygen atoms in total. The van der Waals surface area contributed by atoms with Gasteiger partial charge in [-0.1, -0.05) is 24.3 Å². The van der Waals surface area contributed by atoms with Gasteiger partial charge in [-0.05, 0) is 30.2 Å². The molecule has 0 aliphatic rings. The van der Waals surface area contributed by atoms with Gasteiger partial charge in [0.2, 0.25) is 0 Å². The smallest absolute Gasteiger partial charge is 0.310 e. The monoisotopic (exact) mass is 254 g/mol. The van der Waals surface area contributed by atoms with E-state index in [2.05, 4.69) is 0 Å². The highest BCUT2D eigenvalue weighted by Gasteiger charge is 2.12. The van der Waals surface area contributed by atoms with Crippen LogP contribution >= 0.6 is 11.8 Å². The maximum Gasteiger partial charge on any atom is 0.310 e. The fraction of sp³-hybridized carbons (Fsp3) is 0.462. The first-order chi connectivity index (χ1) is 8.15. The third kappa shape index (κ3) is 4.79. The highest BCUT2D eigenvalue weighted by Crippen LogP contribution is 2.18. The van der Waals surface area contributed by atoms with E-state index in [1.54, 1.807) is 18.7 Å². The minimum Gasteiger partial charge on any atom is -0.481 e. The van der Waals surface area contributed by atoms with E-state index in [0.29, 0.717) is 0 Å². The van der Waals surface area contributed by atoms with Gasteiger partial charge in [0.15, 0.2) is 0 Å².